The zero-order valence-electron chi connectivity index (χ0n) is 13.8. The van der Waals surface area contributed by atoms with Crippen LogP contribution in [-0.4, -0.2) is 57.4 Å². The van der Waals surface area contributed by atoms with Gasteiger partial charge in [-0.25, -0.2) is 4.79 Å². The molecule has 1 aromatic rings. The number of carboxylic acid groups (broad SMARTS) is 1. The molecule has 11 heteroatoms. The van der Waals surface area contributed by atoms with Crippen molar-refractivity contribution in [2.24, 2.45) is 0 Å². The Balaban J connectivity index is 1.70. The van der Waals surface area contributed by atoms with Crippen LogP contribution < -0.4 is 5.32 Å². The van der Waals surface area contributed by atoms with E-state index in [0.717, 1.165) is 0 Å². The van der Waals surface area contributed by atoms with Gasteiger partial charge in [0.2, 0.25) is 0 Å². The van der Waals surface area contributed by atoms with Gasteiger partial charge in [0.15, 0.2) is 6.10 Å². The molecule has 0 aliphatic carbocycles. The molecule has 27 heavy (non-hydrogen) atoms. The van der Waals surface area contributed by atoms with Gasteiger partial charge in [0.1, 0.15) is 12.6 Å². The number of carbonyl (C=O) groups is 4. The maximum atomic E-state index is 12.5. The van der Waals surface area contributed by atoms with Crippen molar-refractivity contribution in [1.82, 2.24) is 10.4 Å². The number of halogens is 1. The van der Waals surface area contributed by atoms with E-state index >= 15 is 0 Å². The summed E-state index contributed by atoms with van der Waals surface area (Å²) in [5.41, 5.74) is -2.01. The molecular weight excluding hydrogens is 384 g/mol. The molecule has 0 radical (unpaired) electrons. The maximum Gasteiger partial charge on any atom is 0.372 e. The molecule has 1 aromatic carbocycles. The van der Waals surface area contributed by atoms with Crippen LogP contribution in [0.1, 0.15) is 24.5 Å². The molecule has 2 fully saturated rings. The molecular formula is C16H15ClN2O8. The molecule has 0 aromatic heterocycles. The van der Waals surface area contributed by atoms with Crippen LogP contribution in [-0.2, 0) is 28.8 Å². The fraction of sp³-hybridized carbons (Fsp3) is 0.375. The number of aliphatic hydroxyl groups excluding tert-OH is 1. The third-order valence-electron chi connectivity index (χ3n) is 4.23. The second-order valence-corrected chi connectivity index (χ2v) is 6.44. The highest BCUT2D eigenvalue weighted by molar-refractivity contribution is 6.30. The second kappa shape index (κ2) is 7.14. The van der Waals surface area contributed by atoms with Crippen LogP contribution in [0.3, 0.4) is 0 Å². The summed E-state index contributed by atoms with van der Waals surface area (Å²) >= 11 is 5.75. The molecule has 10 nitrogen and oxygen atoms in total. The van der Waals surface area contributed by atoms with Crippen LogP contribution >= 0.6 is 11.6 Å². The smallest absolute Gasteiger partial charge is 0.372 e. The van der Waals surface area contributed by atoms with Crippen LogP contribution in [0.25, 0.3) is 0 Å². The van der Waals surface area contributed by atoms with Crippen LogP contribution in [0.5, 0.6) is 0 Å². The van der Waals surface area contributed by atoms with Crippen molar-refractivity contribution in [3.8, 4) is 0 Å². The first-order chi connectivity index (χ1) is 12.7. The third-order valence-corrected chi connectivity index (χ3v) is 4.48. The molecule has 0 spiro atoms. The fourth-order valence-corrected chi connectivity index (χ4v) is 2.93. The number of amides is 2. The minimum absolute atomic E-state index is 0.189. The van der Waals surface area contributed by atoms with Crippen molar-refractivity contribution in [3.05, 3.63) is 34.9 Å². The lowest BCUT2D eigenvalue weighted by atomic mass is 10.1. The molecule has 2 aliphatic rings. The van der Waals surface area contributed by atoms with Gasteiger partial charge in [0, 0.05) is 11.4 Å². The number of carboxylic acids is 1. The number of cyclic esters (lactones) is 1. The van der Waals surface area contributed by atoms with Crippen LogP contribution in [0.2, 0.25) is 5.02 Å². The summed E-state index contributed by atoms with van der Waals surface area (Å²) in [7, 11) is 0. The molecule has 144 valence electrons. The van der Waals surface area contributed by atoms with Crippen molar-refractivity contribution in [1.29, 1.82) is 0 Å². The molecule has 3 unspecified atom stereocenters. The number of benzene rings is 1. The summed E-state index contributed by atoms with van der Waals surface area (Å²) in [4.78, 5) is 52.7. The first kappa shape index (κ1) is 19.1. The Morgan fingerprint density at radius 3 is 2.52 bits per heavy atom. The van der Waals surface area contributed by atoms with Gasteiger partial charge in [0.05, 0.1) is 6.42 Å². The van der Waals surface area contributed by atoms with E-state index < -0.39 is 41.6 Å². The van der Waals surface area contributed by atoms with Gasteiger partial charge >= 0.3 is 17.7 Å². The number of hydroxylamine groups is 2. The average Bonchev–Trinajstić information content (AvgIpc) is 3.19. The molecule has 2 saturated heterocycles. The van der Waals surface area contributed by atoms with Crippen molar-refractivity contribution < 1.29 is 39.0 Å². The first-order valence-electron chi connectivity index (χ1n) is 7.91. The summed E-state index contributed by atoms with van der Waals surface area (Å²) in [6.07, 6.45) is -2.03. The van der Waals surface area contributed by atoms with Crippen molar-refractivity contribution in [3.63, 3.8) is 0 Å². The van der Waals surface area contributed by atoms with Gasteiger partial charge in [-0.1, -0.05) is 23.7 Å². The summed E-state index contributed by atoms with van der Waals surface area (Å²) in [5.74, 6) is -4.12. The van der Waals surface area contributed by atoms with Gasteiger partial charge < -0.3 is 20.3 Å². The fourth-order valence-electron chi connectivity index (χ4n) is 2.80. The van der Waals surface area contributed by atoms with E-state index in [2.05, 4.69) is 5.32 Å². The molecule has 3 atom stereocenters. The summed E-state index contributed by atoms with van der Waals surface area (Å²) in [5, 5.41) is 22.7. The molecule has 0 saturated carbocycles. The molecule has 3 N–H and O–H groups in total. The van der Waals surface area contributed by atoms with E-state index in [9.17, 15) is 29.4 Å². The van der Waals surface area contributed by atoms with Gasteiger partial charge in [-0.3, -0.25) is 19.2 Å². The molecule has 2 heterocycles. The lowest BCUT2D eigenvalue weighted by Gasteiger charge is -2.30. The minimum atomic E-state index is -2.26. The summed E-state index contributed by atoms with van der Waals surface area (Å²) in [6.45, 7) is -0.371. The van der Waals surface area contributed by atoms with Gasteiger partial charge in [0.25, 0.3) is 11.8 Å². The number of hydrogen-bond donors (Lipinski definition) is 3. The van der Waals surface area contributed by atoms with Crippen molar-refractivity contribution in [2.45, 2.75) is 30.7 Å². The lowest BCUT2D eigenvalue weighted by Crippen LogP contribution is -2.56. The van der Waals surface area contributed by atoms with E-state index in [-0.39, 0.29) is 25.0 Å². The highest BCUT2D eigenvalue weighted by Crippen LogP contribution is 2.34. The SMILES string of the molecule is O=C1CCC(C(=O)O)(N2OCC(NC(=O)C(O)c3ccc(Cl)cc3)C2=O)O1. The van der Waals surface area contributed by atoms with E-state index in [4.69, 9.17) is 21.2 Å². The summed E-state index contributed by atoms with van der Waals surface area (Å²) < 4.78 is 4.81. The lowest BCUT2D eigenvalue weighted by molar-refractivity contribution is -0.256. The van der Waals surface area contributed by atoms with Gasteiger partial charge in [-0.05, 0) is 17.7 Å². The largest absolute Gasteiger partial charge is 0.477 e. The van der Waals surface area contributed by atoms with Crippen molar-refractivity contribution in [2.75, 3.05) is 6.61 Å². The Morgan fingerprint density at radius 2 is 1.96 bits per heavy atom. The Hall–Kier alpha value is -2.69. The normalized spacial score (nSPS) is 26.0. The highest BCUT2D eigenvalue weighted by Gasteiger charge is 2.59. The van der Waals surface area contributed by atoms with E-state index in [0.29, 0.717) is 10.1 Å². The number of rotatable bonds is 5. The third kappa shape index (κ3) is 3.46. The number of nitrogens with zero attached hydrogens (tertiary/aromatic N) is 1. The molecule has 0 bridgehead atoms. The van der Waals surface area contributed by atoms with Crippen LogP contribution in [0, 0.1) is 0 Å². The predicted molar refractivity (Wildman–Crippen MR) is 86.8 cm³/mol. The second-order valence-electron chi connectivity index (χ2n) is 6.01. The number of esters is 1. The minimum Gasteiger partial charge on any atom is -0.477 e. The number of ether oxygens (including phenoxy) is 1. The Bertz CT molecular complexity index is 798. The highest BCUT2D eigenvalue weighted by atomic mass is 35.5. The van der Waals surface area contributed by atoms with Gasteiger partial charge in [-0.2, -0.15) is 5.06 Å². The molecule has 2 amide bonds. The number of carbonyl (C=O) groups excluding carboxylic acids is 3. The standard InChI is InChI=1S/C16H15ClN2O8/c17-9-3-1-8(2-4-9)12(21)13(22)18-10-7-26-19(14(10)23)16(15(24)25)6-5-11(20)27-16/h1-4,10,12,21H,5-7H2,(H,18,22)(H,24,25). The topological polar surface area (TPSA) is 142 Å². The molecule has 3 rings (SSSR count). The average molecular weight is 399 g/mol. The first-order valence-corrected chi connectivity index (χ1v) is 8.28. The zero-order chi connectivity index (χ0) is 19.8. The number of nitrogens with one attached hydrogen (secondary N) is 1. The van der Waals surface area contributed by atoms with Crippen LogP contribution in [0.15, 0.2) is 24.3 Å². The predicted octanol–water partition coefficient (Wildman–Crippen LogP) is -0.250. The van der Waals surface area contributed by atoms with E-state index in [1.54, 1.807) is 0 Å². The monoisotopic (exact) mass is 398 g/mol. The van der Waals surface area contributed by atoms with Gasteiger partial charge in [-0.15, -0.1) is 0 Å². The Labute approximate surface area is 157 Å². The number of aliphatic carboxylic acids is 1. The molecule has 2 aliphatic heterocycles. The number of aliphatic hydroxyl groups is 1. The Kier molecular flexibility index (Phi) is 5.05. The summed E-state index contributed by atoms with van der Waals surface area (Å²) in [6, 6.07) is 4.63. The quantitative estimate of drug-likeness (QED) is 0.576. The van der Waals surface area contributed by atoms with Crippen LogP contribution in [0.4, 0.5) is 0 Å². The Morgan fingerprint density at radius 1 is 1.30 bits per heavy atom. The number of hydrogen-bond acceptors (Lipinski definition) is 7. The van der Waals surface area contributed by atoms with Crippen molar-refractivity contribution >= 4 is 35.4 Å². The van der Waals surface area contributed by atoms with E-state index in [1.165, 1.54) is 24.3 Å². The van der Waals surface area contributed by atoms with E-state index in [1.807, 2.05) is 0 Å². The zero-order valence-corrected chi connectivity index (χ0v) is 14.5. The maximum absolute atomic E-state index is 12.5.